The molecular weight excluding hydrogens is 280 g/mol. The Morgan fingerprint density at radius 3 is 3.00 bits per heavy atom. The van der Waals surface area contributed by atoms with Crippen LogP contribution in [-0.2, 0) is 14.3 Å². The van der Waals surface area contributed by atoms with Gasteiger partial charge in [-0.1, -0.05) is 6.08 Å². The number of methoxy groups -OCH3 is 1. The van der Waals surface area contributed by atoms with Gasteiger partial charge in [-0.15, -0.1) is 0 Å². The fourth-order valence-electron chi connectivity index (χ4n) is 3.73. The molecule has 122 valence electrons. The summed E-state index contributed by atoms with van der Waals surface area (Å²) in [6.07, 6.45) is 8.89. The maximum absolute atomic E-state index is 12.3. The summed E-state index contributed by atoms with van der Waals surface area (Å²) in [5.41, 5.74) is 1.08. The lowest BCUT2D eigenvalue weighted by molar-refractivity contribution is -0.134. The van der Waals surface area contributed by atoms with Gasteiger partial charge >= 0.3 is 0 Å². The average molecular weight is 306 g/mol. The van der Waals surface area contributed by atoms with Crippen LogP contribution in [0.1, 0.15) is 44.9 Å². The molecule has 0 aromatic carbocycles. The number of allylic oxidation sites excluding steroid dienone is 1. The van der Waals surface area contributed by atoms with Gasteiger partial charge in [0.25, 0.3) is 0 Å². The monoisotopic (exact) mass is 306 g/mol. The third-order valence-corrected chi connectivity index (χ3v) is 5.22. The molecule has 5 nitrogen and oxygen atoms in total. The summed E-state index contributed by atoms with van der Waals surface area (Å²) in [4.78, 5) is 26.2. The summed E-state index contributed by atoms with van der Waals surface area (Å²) in [6.45, 7) is 1.83. The zero-order valence-electron chi connectivity index (χ0n) is 13.4. The van der Waals surface area contributed by atoms with Crippen LogP contribution in [0.15, 0.2) is 11.8 Å². The summed E-state index contributed by atoms with van der Waals surface area (Å²) < 4.78 is 5.15. The number of likely N-dealkylation sites (tertiary alicyclic amines) is 1. The molecule has 2 fully saturated rings. The van der Waals surface area contributed by atoms with Crippen molar-refractivity contribution in [2.45, 2.75) is 44.9 Å². The molecule has 1 heterocycles. The highest BCUT2D eigenvalue weighted by Crippen LogP contribution is 2.46. The molecule has 1 atom stereocenters. The van der Waals surface area contributed by atoms with Gasteiger partial charge in [-0.2, -0.15) is 0 Å². The normalized spacial score (nSPS) is 28.1. The summed E-state index contributed by atoms with van der Waals surface area (Å²) in [5, 5.41) is 3.15. The van der Waals surface area contributed by atoms with Gasteiger partial charge in [0.1, 0.15) is 0 Å². The lowest BCUT2D eigenvalue weighted by atomic mass is 9.69. The Morgan fingerprint density at radius 1 is 1.45 bits per heavy atom. The number of carbonyl (C=O) groups excluding carboxylic acids is 2. The second-order valence-electron chi connectivity index (χ2n) is 6.79. The van der Waals surface area contributed by atoms with E-state index in [-0.39, 0.29) is 23.1 Å². The predicted molar refractivity (Wildman–Crippen MR) is 82.9 cm³/mol. The zero-order chi connectivity index (χ0) is 15.6. The van der Waals surface area contributed by atoms with Gasteiger partial charge in [-0.3, -0.25) is 9.59 Å². The Bertz CT molecular complexity index is 484. The number of hydrogen-bond donors (Lipinski definition) is 1. The van der Waals surface area contributed by atoms with Gasteiger partial charge in [0.05, 0.1) is 6.61 Å². The van der Waals surface area contributed by atoms with Gasteiger partial charge in [-0.05, 0) is 38.5 Å². The van der Waals surface area contributed by atoms with E-state index in [1.807, 2.05) is 4.90 Å². The molecule has 1 N–H and O–H groups in total. The molecule has 2 aliphatic carbocycles. The van der Waals surface area contributed by atoms with Crippen molar-refractivity contribution in [1.82, 2.24) is 10.2 Å². The summed E-state index contributed by atoms with van der Waals surface area (Å²) in [6, 6.07) is 0. The number of piperidine rings is 1. The minimum atomic E-state index is -0.0511. The number of fused-ring (bicyclic) bond motifs is 1. The minimum absolute atomic E-state index is 0.0511. The first-order valence-corrected chi connectivity index (χ1v) is 8.44. The topological polar surface area (TPSA) is 58.6 Å². The van der Waals surface area contributed by atoms with E-state index >= 15 is 0 Å². The highest BCUT2D eigenvalue weighted by Gasteiger charge is 2.44. The first kappa shape index (κ1) is 15.5. The number of nitrogens with one attached hydrogen (secondary N) is 1. The number of nitrogens with zero attached hydrogens (tertiary/aromatic N) is 1. The molecular formula is C17H26N2O3. The Morgan fingerprint density at radius 2 is 2.27 bits per heavy atom. The van der Waals surface area contributed by atoms with E-state index in [4.69, 9.17) is 4.74 Å². The van der Waals surface area contributed by atoms with Crippen LogP contribution in [0.4, 0.5) is 0 Å². The Kier molecular flexibility index (Phi) is 4.52. The first-order valence-electron chi connectivity index (χ1n) is 8.44. The van der Waals surface area contributed by atoms with Crippen LogP contribution in [0.25, 0.3) is 0 Å². The van der Waals surface area contributed by atoms with E-state index in [1.54, 1.807) is 7.11 Å². The fraction of sp³-hybridized carbons (Fsp3) is 0.765. The standard InChI is InChI=1S/C17H26N2O3/c1-22-11-10-19-14-4-2-3-8-17(14,9-7-15(19)20)12-18-16(21)13-5-6-13/h4,13H,2-3,5-12H2,1H3,(H,18,21). The van der Waals surface area contributed by atoms with Gasteiger partial charge < -0.3 is 15.0 Å². The minimum Gasteiger partial charge on any atom is -0.383 e. The molecule has 1 aliphatic heterocycles. The second-order valence-corrected chi connectivity index (χ2v) is 6.79. The molecule has 3 aliphatic rings. The Balaban J connectivity index is 1.74. The molecule has 1 saturated heterocycles. The Hall–Kier alpha value is -1.36. The van der Waals surface area contributed by atoms with Crippen LogP contribution in [0.3, 0.4) is 0 Å². The summed E-state index contributed by atoms with van der Waals surface area (Å²) >= 11 is 0. The lowest BCUT2D eigenvalue weighted by Gasteiger charge is -2.47. The molecule has 0 spiro atoms. The lowest BCUT2D eigenvalue weighted by Crippen LogP contribution is -2.51. The SMILES string of the molecule is COCCN1C(=O)CCC2(CNC(=O)C3CC3)CCCC=C12. The smallest absolute Gasteiger partial charge is 0.226 e. The molecule has 22 heavy (non-hydrogen) atoms. The van der Waals surface area contributed by atoms with Crippen LogP contribution >= 0.6 is 0 Å². The van der Waals surface area contributed by atoms with Crippen molar-refractivity contribution in [3.05, 3.63) is 11.8 Å². The second kappa shape index (κ2) is 6.41. The van der Waals surface area contributed by atoms with E-state index in [9.17, 15) is 9.59 Å². The van der Waals surface area contributed by atoms with Crippen LogP contribution in [-0.4, -0.2) is 43.5 Å². The van der Waals surface area contributed by atoms with Crippen LogP contribution in [0, 0.1) is 11.3 Å². The summed E-state index contributed by atoms with van der Waals surface area (Å²) in [5.74, 6) is 0.622. The molecule has 0 aromatic heterocycles. The Labute approximate surface area is 132 Å². The van der Waals surface area contributed by atoms with Crippen molar-refractivity contribution < 1.29 is 14.3 Å². The van der Waals surface area contributed by atoms with Crippen molar-refractivity contribution in [2.75, 3.05) is 26.8 Å². The number of rotatable bonds is 6. The van der Waals surface area contributed by atoms with Crippen LogP contribution < -0.4 is 5.32 Å². The van der Waals surface area contributed by atoms with Crippen LogP contribution in [0.2, 0.25) is 0 Å². The number of amides is 2. The third kappa shape index (κ3) is 3.05. The first-order chi connectivity index (χ1) is 10.7. The van der Waals surface area contributed by atoms with Gasteiger partial charge in [0, 0.05) is 43.7 Å². The largest absolute Gasteiger partial charge is 0.383 e. The van der Waals surface area contributed by atoms with Crippen molar-refractivity contribution in [2.24, 2.45) is 11.3 Å². The van der Waals surface area contributed by atoms with Gasteiger partial charge in [0.15, 0.2) is 0 Å². The van der Waals surface area contributed by atoms with Crippen molar-refractivity contribution in [1.29, 1.82) is 0 Å². The molecule has 2 amide bonds. The molecule has 1 unspecified atom stereocenters. The highest BCUT2D eigenvalue weighted by molar-refractivity contribution is 5.82. The number of carbonyl (C=O) groups is 2. The third-order valence-electron chi connectivity index (χ3n) is 5.22. The fourth-order valence-corrected chi connectivity index (χ4v) is 3.73. The van der Waals surface area contributed by atoms with E-state index in [1.165, 1.54) is 0 Å². The zero-order valence-corrected chi connectivity index (χ0v) is 13.4. The van der Waals surface area contributed by atoms with E-state index in [0.29, 0.717) is 26.1 Å². The predicted octanol–water partition coefficient (Wildman–Crippen LogP) is 1.84. The molecule has 1 saturated carbocycles. The van der Waals surface area contributed by atoms with Crippen molar-refractivity contribution >= 4 is 11.8 Å². The molecule has 0 radical (unpaired) electrons. The van der Waals surface area contributed by atoms with Crippen molar-refractivity contribution in [3.63, 3.8) is 0 Å². The maximum atomic E-state index is 12.3. The summed E-state index contributed by atoms with van der Waals surface area (Å²) in [7, 11) is 1.66. The molecule has 5 heteroatoms. The van der Waals surface area contributed by atoms with Gasteiger partial charge in [0.2, 0.25) is 11.8 Å². The van der Waals surface area contributed by atoms with Gasteiger partial charge in [-0.25, -0.2) is 0 Å². The maximum Gasteiger partial charge on any atom is 0.226 e. The van der Waals surface area contributed by atoms with E-state index in [2.05, 4.69) is 11.4 Å². The molecule has 3 rings (SSSR count). The number of hydrogen-bond acceptors (Lipinski definition) is 3. The molecule has 0 aromatic rings. The highest BCUT2D eigenvalue weighted by atomic mass is 16.5. The quantitative estimate of drug-likeness (QED) is 0.814. The van der Waals surface area contributed by atoms with Crippen molar-refractivity contribution in [3.8, 4) is 0 Å². The van der Waals surface area contributed by atoms with E-state index in [0.717, 1.165) is 44.2 Å². The average Bonchev–Trinajstić information content (AvgIpc) is 3.37. The number of ether oxygens (including phenoxy) is 1. The van der Waals surface area contributed by atoms with E-state index < -0.39 is 0 Å². The molecule has 0 bridgehead atoms. The van der Waals surface area contributed by atoms with Crippen LogP contribution in [0.5, 0.6) is 0 Å².